The molecule has 1 fully saturated rings. The van der Waals surface area contributed by atoms with Crippen LogP contribution in [0, 0.1) is 6.92 Å². The molecule has 35 heavy (non-hydrogen) atoms. The third-order valence-corrected chi connectivity index (χ3v) is 6.14. The number of fused-ring (bicyclic) bond motifs is 1. The average Bonchev–Trinajstić information content (AvgIpc) is 3.05. The highest BCUT2D eigenvalue weighted by Gasteiger charge is 2.18. The fourth-order valence-corrected chi connectivity index (χ4v) is 4.41. The predicted octanol–water partition coefficient (Wildman–Crippen LogP) is 3.23. The van der Waals surface area contributed by atoms with Gasteiger partial charge in [-0.15, -0.1) is 5.10 Å². The van der Waals surface area contributed by atoms with Crippen LogP contribution in [-0.4, -0.2) is 52.9 Å². The van der Waals surface area contributed by atoms with Crippen molar-refractivity contribution in [3.8, 4) is 5.75 Å². The number of hydrogen-bond acceptors (Lipinski definition) is 9. The summed E-state index contributed by atoms with van der Waals surface area (Å²) < 4.78 is 12.7. The standard InChI is InChI=1S/C25H29N7O3/c1-16-23-20(14-32(24(23)27)18-3-2-4-19(7-6-18)35-15-26)25(30-29-16)28-17-5-8-21(22(33)13-17)31-9-11-34-12-10-31/h3-8,13-14,33H,2,9-12,15,26-27H2,1H3,(H,28,30). The van der Waals surface area contributed by atoms with Gasteiger partial charge in [-0.1, -0.05) is 6.08 Å². The number of nitrogens with two attached hydrogens (primary N) is 2. The van der Waals surface area contributed by atoms with E-state index in [-0.39, 0.29) is 12.5 Å². The maximum Gasteiger partial charge on any atom is 0.162 e. The summed E-state index contributed by atoms with van der Waals surface area (Å²) in [7, 11) is 0. The smallest absolute Gasteiger partial charge is 0.162 e. The summed E-state index contributed by atoms with van der Waals surface area (Å²) in [5.41, 5.74) is 15.2. The molecule has 0 saturated carbocycles. The van der Waals surface area contributed by atoms with Crippen molar-refractivity contribution in [1.29, 1.82) is 0 Å². The Morgan fingerprint density at radius 1 is 1.17 bits per heavy atom. The quantitative estimate of drug-likeness (QED) is 0.396. The predicted molar refractivity (Wildman–Crippen MR) is 137 cm³/mol. The summed E-state index contributed by atoms with van der Waals surface area (Å²) in [6.45, 7) is 4.80. The van der Waals surface area contributed by atoms with E-state index < -0.39 is 0 Å². The van der Waals surface area contributed by atoms with E-state index in [2.05, 4.69) is 26.5 Å². The molecule has 6 N–H and O–H groups in total. The number of phenolic OH excluding ortho intramolecular Hbond substituents is 1. The normalized spacial score (nSPS) is 16.1. The van der Waals surface area contributed by atoms with Crippen LogP contribution in [0.5, 0.6) is 5.75 Å². The molecule has 0 bridgehead atoms. The highest BCUT2D eigenvalue weighted by Crippen LogP contribution is 2.36. The maximum absolute atomic E-state index is 10.7. The van der Waals surface area contributed by atoms with Gasteiger partial charge in [-0.05, 0) is 43.7 Å². The molecule has 182 valence electrons. The molecule has 0 atom stereocenters. The zero-order chi connectivity index (χ0) is 24.4. The molecule has 0 unspecified atom stereocenters. The molecule has 1 aliphatic carbocycles. The number of anilines is 4. The number of benzene rings is 1. The van der Waals surface area contributed by atoms with Gasteiger partial charge in [-0.2, -0.15) is 5.10 Å². The molecule has 1 saturated heterocycles. The van der Waals surface area contributed by atoms with E-state index in [1.54, 1.807) is 6.07 Å². The zero-order valence-corrected chi connectivity index (χ0v) is 19.6. The molecule has 0 radical (unpaired) electrons. The number of aromatic nitrogens is 3. The molecule has 10 heteroatoms. The lowest BCUT2D eigenvalue weighted by Crippen LogP contribution is -2.36. The minimum absolute atomic E-state index is 0.121. The van der Waals surface area contributed by atoms with E-state index in [0.717, 1.165) is 46.7 Å². The average molecular weight is 476 g/mol. The first-order valence-electron chi connectivity index (χ1n) is 11.5. The molecule has 0 amide bonds. The number of nitrogens with zero attached hydrogens (tertiary/aromatic N) is 4. The lowest BCUT2D eigenvalue weighted by Gasteiger charge is -2.29. The van der Waals surface area contributed by atoms with Crippen LogP contribution in [-0.2, 0) is 9.47 Å². The first kappa shape index (κ1) is 22.8. The van der Waals surface area contributed by atoms with Crippen LogP contribution in [0.25, 0.3) is 16.5 Å². The largest absolute Gasteiger partial charge is 0.506 e. The molecule has 0 spiro atoms. The van der Waals surface area contributed by atoms with Crippen LogP contribution >= 0.6 is 0 Å². The van der Waals surface area contributed by atoms with E-state index >= 15 is 0 Å². The Morgan fingerprint density at radius 2 is 2.00 bits per heavy atom. The Balaban J connectivity index is 1.46. The topological polar surface area (TPSA) is 137 Å². The van der Waals surface area contributed by atoms with Crippen molar-refractivity contribution in [2.24, 2.45) is 5.73 Å². The lowest BCUT2D eigenvalue weighted by molar-refractivity contribution is 0.122. The van der Waals surface area contributed by atoms with Crippen LogP contribution in [0.3, 0.4) is 0 Å². The van der Waals surface area contributed by atoms with Crippen molar-refractivity contribution in [3.05, 3.63) is 60.2 Å². The summed E-state index contributed by atoms with van der Waals surface area (Å²) in [6, 6.07) is 5.51. The van der Waals surface area contributed by atoms with Crippen LogP contribution in [0.2, 0.25) is 0 Å². The molecule has 1 aromatic carbocycles. The van der Waals surface area contributed by atoms with Gasteiger partial charge in [0.2, 0.25) is 0 Å². The molecule has 3 aromatic rings. The molecule has 5 rings (SSSR count). The Morgan fingerprint density at radius 3 is 2.77 bits per heavy atom. The lowest BCUT2D eigenvalue weighted by atomic mass is 10.2. The van der Waals surface area contributed by atoms with Gasteiger partial charge in [0.1, 0.15) is 24.1 Å². The molecule has 2 aromatic heterocycles. The van der Waals surface area contributed by atoms with Crippen LogP contribution in [0.15, 0.2) is 54.5 Å². The van der Waals surface area contributed by atoms with Crippen LogP contribution in [0.1, 0.15) is 12.1 Å². The Labute approximate surface area is 203 Å². The number of nitrogens with one attached hydrogen (secondary N) is 1. The van der Waals surface area contributed by atoms with Crippen molar-refractivity contribution >= 4 is 39.5 Å². The molecule has 10 nitrogen and oxygen atoms in total. The van der Waals surface area contributed by atoms with Gasteiger partial charge in [0.05, 0.1) is 30.0 Å². The van der Waals surface area contributed by atoms with Gasteiger partial charge in [0.25, 0.3) is 0 Å². The summed E-state index contributed by atoms with van der Waals surface area (Å²) in [5.74, 6) is 2.04. The third kappa shape index (κ3) is 4.53. The van der Waals surface area contributed by atoms with Crippen molar-refractivity contribution in [3.63, 3.8) is 0 Å². The first-order chi connectivity index (χ1) is 17.0. The highest BCUT2D eigenvalue weighted by molar-refractivity contribution is 6.02. The number of phenols is 1. The first-order valence-corrected chi connectivity index (χ1v) is 11.5. The van der Waals surface area contributed by atoms with Crippen LogP contribution in [0.4, 0.5) is 23.0 Å². The summed E-state index contributed by atoms with van der Waals surface area (Å²) in [4.78, 5) is 2.11. The molecule has 1 aliphatic heterocycles. The van der Waals surface area contributed by atoms with Gasteiger partial charge in [0, 0.05) is 42.1 Å². The number of ether oxygens (including phenoxy) is 2. The van der Waals surface area contributed by atoms with Gasteiger partial charge >= 0.3 is 0 Å². The fraction of sp³-hybridized carbons (Fsp3) is 0.280. The minimum atomic E-state index is 0.121. The molecule has 3 heterocycles. The maximum atomic E-state index is 10.7. The van der Waals surface area contributed by atoms with E-state index in [1.807, 2.05) is 48.0 Å². The second-order valence-electron chi connectivity index (χ2n) is 8.35. The zero-order valence-electron chi connectivity index (χ0n) is 19.6. The number of morpholine rings is 1. The number of aryl methyl sites for hydroxylation is 1. The molecule has 2 aliphatic rings. The van der Waals surface area contributed by atoms with Crippen molar-refractivity contribution in [2.75, 3.05) is 49.0 Å². The number of hydrogen-bond donors (Lipinski definition) is 4. The summed E-state index contributed by atoms with van der Waals surface area (Å²) >= 11 is 0. The highest BCUT2D eigenvalue weighted by atomic mass is 16.5. The monoisotopic (exact) mass is 475 g/mol. The van der Waals surface area contributed by atoms with E-state index in [1.165, 1.54) is 0 Å². The SMILES string of the molecule is Cc1nnc(Nc2ccc(N3CCOCC3)c(O)c2)c2cn(C3=CCC=C(OCN)C=C3)c(N)c12. The second kappa shape index (κ2) is 9.69. The van der Waals surface area contributed by atoms with Crippen molar-refractivity contribution in [2.45, 2.75) is 13.3 Å². The van der Waals surface area contributed by atoms with Crippen LogP contribution < -0.4 is 21.7 Å². The van der Waals surface area contributed by atoms with Crippen molar-refractivity contribution in [1.82, 2.24) is 14.8 Å². The van der Waals surface area contributed by atoms with Gasteiger partial charge in [0.15, 0.2) is 5.82 Å². The van der Waals surface area contributed by atoms with Gasteiger partial charge in [-0.25, -0.2) is 0 Å². The fourth-order valence-electron chi connectivity index (χ4n) is 4.41. The molecular formula is C25H29N7O3. The number of rotatable bonds is 6. The number of nitrogen functional groups attached to an aromatic ring is 1. The number of aromatic hydroxyl groups is 1. The van der Waals surface area contributed by atoms with E-state index in [0.29, 0.717) is 37.0 Å². The van der Waals surface area contributed by atoms with Gasteiger partial charge in [-0.3, -0.25) is 5.73 Å². The van der Waals surface area contributed by atoms with Gasteiger partial charge < -0.3 is 35.1 Å². The number of allylic oxidation sites excluding steroid dienone is 5. The van der Waals surface area contributed by atoms with E-state index in [9.17, 15) is 5.11 Å². The Hall–Kier alpha value is -4.02. The Kier molecular flexibility index (Phi) is 6.30. The molecular weight excluding hydrogens is 446 g/mol. The minimum Gasteiger partial charge on any atom is -0.506 e. The Bertz CT molecular complexity index is 1340. The third-order valence-electron chi connectivity index (χ3n) is 6.14. The summed E-state index contributed by atoms with van der Waals surface area (Å²) in [5, 5.41) is 24.3. The summed E-state index contributed by atoms with van der Waals surface area (Å²) in [6.07, 6.45) is 10.5. The van der Waals surface area contributed by atoms with Crippen molar-refractivity contribution < 1.29 is 14.6 Å². The second-order valence-corrected chi connectivity index (χ2v) is 8.35. The van der Waals surface area contributed by atoms with E-state index in [4.69, 9.17) is 20.9 Å².